The quantitative estimate of drug-likeness (QED) is 0.100. The second-order valence-electron chi connectivity index (χ2n) is 16.3. The normalized spacial score (nSPS) is 33.5. The molecular weight excluding hydrogens is 541 g/mol. The highest BCUT2D eigenvalue weighted by molar-refractivity contribution is 8.14. The number of unbranched alkanes of at least 4 members (excludes halogenated alkanes) is 15. The Bertz CT molecular complexity index is 847. The molecule has 7 atom stereocenters. The first-order valence-electron chi connectivity index (χ1n) is 19.8. The summed E-state index contributed by atoms with van der Waals surface area (Å²) in [7, 11) is 0. The third-order valence-corrected chi connectivity index (χ3v) is 14.6. The fraction of sp³-hybridized carbons (Fsp3) is 0.927. The van der Waals surface area contributed by atoms with Crippen molar-refractivity contribution in [3.63, 3.8) is 0 Å². The first kappa shape index (κ1) is 35.6. The molecule has 0 radical (unpaired) electrons. The molecule has 0 aromatic rings. The summed E-state index contributed by atoms with van der Waals surface area (Å²) in [5.41, 5.74) is 2.78. The van der Waals surface area contributed by atoms with Crippen molar-refractivity contribution in [1.29, 1.82) is 0 Å². The van der Waals surface area contributed by atoms with E-state index < -0.39 is 0 Å². The van der Waals surface area contributed by atoms with E-state index in [1.54, 1.807) is 17.3 Å². The molecule has 1 nitrogen and oxygen atoms in total. The predicted molar refractivity (Wildman–Crippen MR) is 191 cm³/mol. The van der Waals surface area contributed by atoms with Gasteiger partial charge in [-0.1, -0.05) is 154 Å². The Labute approximate surface area is 273 Å². The highest BCUT2D eigenvalue weighted by atomic mass is 32.2. The summed E-state index contributed by atoms with van der Waals surface area (Å²) in [5, 5.41) is 1.02. The smallest absolute Gasteiger partial charge is 0.189 e. The van der Waals surface area contributed by atoms with Gasteiger partial charge in [-0.2, -0.15) is 0 Å². The van der Waals surface area contributed by atoms with Crippen molar-refractivity contribution >= 4 is 16.9 Å². The highest BCUT2D eigenvalue weighted by Crippen LogP contribution is 2.67. The van der Waals surface area contributed by atoms with Crippen LogP contribution in [-0.2, 0) is 4.79 Å². The average Bonchev–Trinajstić information content (AvgIpc) is 3.34. The summed E-state index contributed by atoms with van der Waals surface area (Å²) in [6.07, 6.45) is 39.6. The maximum Gasteiger partial charge on any atom is 0.189 e. The average molecular weight is 613 g/mol. The first-order chi connectivity index (χ1) is 20.9. The number of allylic oxidation sites excluding steroid dienone is 2. The van der Waals surface area contributed by atoms with Gasteiger partial charge in [-0.05, 0) is 98.7 Å². The van der Waals surface area contributed by atoms with Crippen LogP contribution in [0.1, 0.15) is 201 Å². The van der Waals surface area contributed by atoms with Gasteiger partial charge in [-0.15, -0.1) is 0 Å². The molecule has 3 saturated carbocycles. The monoisotopic (exact) mass is 613 g/mol. The zero-order valence-electron chi connectivity index (χ0n) is 29.4. The molecule has 0 N–H and O–H groups in total. The van der Waals surface area contributed by atoms with Crippen molar-refractivity contribution in [3.8, 4) is 0 Å². The molecule has 0 bridgehead atoms. The molecule has 2 heteroatoms. The maximum atomic E-state index is 12.9. The summed E-state index contributed by atoms with van der Waals surface area (Å²) in [6.45, 7) is 9.99. The number of hydrogen-bond donors (Lipinski definition) is 0. The molecule has 4 aliphatic rings. The molecule has 0 heterocycles. The molecule has 4 rings (SSSR count). The van der Waals surface area contributed by atoms with Gasteiger partial charge in [-0.25, -0.2) is 0 Å². The van der Waals surface area contributed by atoms with Gasteiger partial charge in [0.25, 0.3) is 0 Å². The Balaban J connectivity index is 1.16. The van der Waals surface area contributed by atoms with Gasteiger partial charge in [0.1, 0.15) is 0 Å². The molecule has 0 aromatic heterocycles. The van der Waals surface area contributed by atoms with E-state index in [1.165, 1.54) is 161 Å². The van der Waals surface area contributed by atoms with E-state index in [0.717, 1.165) is 36.5 Å². The Hall–Kier alpha value is -0.240. The van der Waals surface area contributed by atoms with Crippen molar-refractivity contribution in [2.24, 2.45) is 34.5 Å². The fourth-order valence-corrected chi connectivity index (χ4v) is 11.8. The van der Waals surface area contributed by atoms with Crippen molar-refractivity contribution in [2.75, 3.05) is 0 Å². The molecule has 0 amide bonds. The van der Waals surface area contributed by atoms with Crippen LogP contribution < -0.4 is 0 Å². The third kappa shape index (κ3) is 9.64. The number of carbonyl (C=O) groups is 1. The van der Waals surface area contributed by atoms with E-state index in [9.17, 15) is 4.79 Å². The van der Waals surface area contributed by atoms with Crippen LogP contribution in [0.5, 0.6) is 0 Å². The second-order valence-corrected chi connectivity index (χ2v) is 17.6. The molecule has 0 saturated heterocycles. The van der Waals surface area contributed by atoms with Gasteiger partial charge in [-0.3, -0.25) is 4.79 Å². The zero-order chi connectivity index (χ0) is 30.5. The fourth-order valence-electron chi connectivity index (χ4n) is 10.7. The summed E-state index contributed by atoms with van der Waals surface area (Å²) in [4.78, 5) is 12.9. The summed E-state index contributed by atoms with van der Waals surface area (Å²) >= 11 is 1.73. The van der Waals surface area contributed by atoms with Crippen molar-refractivity contribution < 1.29 is 4.79 Å². The SMILES string of the molecule is CCCCCCCCCCCCCC(=O)S[C@H]1CC[C@@]2(C)C(=CC[C@H]3[C@H]4CC[C@H](CCCCCCCC)[C@@]4(C)CC[C@@H]32)C1. The molecule has 248 valence electrons. The van der Waals surface area contributed by atoms with Gasteiger partial charge >= 0.3 is 0 Å². The van der Waals surface area contributed by atoms with Crippen molar-refractivity contribution in [1.82, 2.24) is 0 Å². The maximum absolute atomic E-state index is 12.9. The largest absolute Gasteiger partial charge is 0.287 e. The summed E-state index contributed by atoms with van der Waals surface area (Å²) < 4.78 is 0. The molecular formula is C41H72OS. The third-order valence-electron chi connectivity index (χ3n) is 13.4. The second kappa shape index (κ2) is 18.2. The molecule has 0 unspecified atom stereocenters. The number of hydrogen-bond acceptors (Lipinski definition) is 2. The minimum atomic E-state index is 0.414. The molecule has 4 aliphatic carbocycles. The lowest BCUT2D eigenvalue weighted by atomic mass is 9.47. The Kier molecular flexibility index (Phi) is 15.1. The van der Waals surface area contributed by atoms with Gasteiger partial charge in [0.05, 0.1) is 0 Å². The predicted octanol–water partition coefficient (Wildman–Crippen LogP) is 13.6. The van der Waals surface area contributed by atoms with Crippen LogP contribution in [0.25, 0.3) is 0 Å². The van der Waals surface area contributed by atoms with Gasteiger partial charge in [0.15, 0.2) is 5.12 Å². The molecule has 3 fully saturated rings. The topological polar surface area (TPSA) is 17.1 Å². The van der Waals surface area contributed by atoms with Gasteiger partial charge < -0.3 is 0 Å². The minimum absolute atomic E-state index is 0.414. The van der Waals surface area contributed by atoms with Crippen LogP contribution in [0, 0.1) is 34.5 Å². The standard InChI is InChI=1S/C41H72OS/c1-5-7-9-11-13-14-15-16-17-19-21-23-39(42)43-35-28-30-41(4)34(32-35)24-26-36-37-27-25-33(22-20-18-12-10-8-6-2)40(37,3)31-29-38(36)41/h24,33,35-38H,5-23,25-32H2,1-4H3/t33-,35-,36-,37+,38-,40+,41-/m0/s1. The first-order valence-corrected chi connectivity index (χ1v) is 20.7. The lowest BCUT2D eigenvalue weighted by Crippen LogP contribution is -2.50. The Morgan fingerprint density at radius 3 is 1.98 bits per heavy atom. The Morgan fingerprint density at radius 2 is 1.33 bits per heavy atom. The summed E-state index contributed by atoms with van der Waals surface area (Å²) in [6, 6.07) is 0. The summed E-state index contributed by atoms with van der Waals surface area (Å²) in [5.74, 6) is 3.78. The van der Waals surface area contributed by atoms with E-state index in [0.29, 0.717) is 21.2 Å². The van der Waals surface area contributed by atoms with Crippen molar-refractivity contribution in [2.45, 2.75) is 206 Å². The van der Waals surface area contributed by atoms with Crippen LogP contribution in [-0.4, -0.2) is 10.4 Å². The van der Waals surface area contributed by atoms with Crippen LogP contribution in [0.4, 0.5) is 0 Å². The number of fused-ring (bicyclic) bond motifs is 5. The molecule has 43 heavy (non-hydrogen) atoms. The highest BCUT2D eigenvalue weighted by Gasteiger charge is 2.58. The lowest BCUT2D eigenvalue weighted by Gasteiger charge is -2.58. The van der Waals surface area contributed by atoms with E-state index in [4.69, 9.17) is 0 Å². The van der Waals surface area contributed by atoms with E-state index in [-0.39, 0.29) is 0 Å². The number of thioether (sulfide) groups is 1. The van der Waals surface area contributed by atoms with Crippen LogP contribution in [0.3, 0.4) is 0 Å². The van der Waals surface area contributed by atoms with Gasteiger partial charge in [0, 0.05) is 11.7 Å². The van der Waals surface area contributed by atoms with Crippen molar-refractivity contribution in [3.05, 3.63) is 11.6 Å². The van der Waals surface area contributed by atoms with E-state index >= 15 is 0 Å². The molecule has 0 aliphatic heterocycles. The van der Waals surface area contributed by atoms with Crippen LogP contribution in [0.15, 0.2) is 11.6 Å². The van der Waals surface area contributed by atoms with Crippen LogP contribution >= 0.6 is 11.8 Å². The number of rotatable bonds is 20. The van der Waals surface area contributed by atoms with E-state index in [1.807, 2.05) is 0 Å². The number of carbonyl (C=O) groups excluding carboxylic acids is 1. The molecule has 0 spiro atoms. The molecule has 0 aromatic carbocycles. The lowest BCUT2D eigenvalue weighted by molar-refractivity contribution is -0.111. The zero-order valence-corrected chi connectivity index (χ0v) is 30.2. The Morgan fingerprint density at radius 1 is 0.721 bits per heavy atom. The minimum Gasteiger partial charge on any atom is -0.287 e. The van der Waals surface area contributed by atoms with E-state index in [2.05, 4.69) is 33.8 Å². The van der Waals surface area contributed by atoms with Gasteiger partial charge in [0.2, 0.25) is 0 Å². The van der Waals surface area contributed by atoms with Crippen LogP contribution in [0.2, 0.25) is 0 Å².